The lowest BCUT2D eigenvalue weighted by Gasteiger charge is -2.27. The molecule has 1 amide bonds. The molecular formula is C13H19N3O2. The third kappa shape index (κ3) is 3.05. The molecule has 2 rings (SSSR count). The van der Waals surface area contributed by atoms with Crippen LogP contribution in [0, 0.1) is 5.92 Å². The Morgan fingerprint density at radius 2 is 2.39 bits per heavy atom. The molecule has 1 aromatic heterocycles. The number of hydrogen-bond acceptors (Lipinski definition) is 4. The fourth-order valence-corrected chi connectivity index (χ4v) is 2.22. The fourth-order valence-electron chi connectivity index (χ4n) is 2.22. The van der Waals surface area contributed by atoms with Crippen molar-refractivity contribution in [2.45, 2.75) is 19.5 Å². The molecule has 1 saturated heterocycles. The van der Waals surface area contributed by atoms with E-state index < -0.39 is 6.04 Å². The van der Waals surface area contributed by atoms with Gasteiger partial charge in [0.2, 0.25) is 5.91 Å². The van der Waals surface area contributed by atoms with E-state index in [2.05, 4.69) is 17.2 Å². The first-order valence-electron chi connectivity index (χ1n) is 6.23. The Kier molecular flexibility index (Phi) is 4.28. The highest BCUT2D eigenvalue weighted by Gasteiger charge is 2.29. The quantitative estimate of drug-likeness (QED) is 0.792. The number of amides is 1. The number of nitrogens with one attached hydrogen (secondary N) is 1. The molecule has 0 bridgehead atoms. The van der Waals surface area contributed by atoms with Crippen molar-refractivity contribution >= 4 is 5.91 Å². The standard InChI is InChI=1S/C13H19N3O2/c1-10-6-15-13(18)12(9-17)16(7-10)8-11-4-2-3-5-14-11/h2-5,10,12,17H,6-9H2,1H3,(H,15,18). The molecule has 0 spiro atoms. The Bertz CT molecular complexity index is 396. The molecule has 0 radical (unpaired) electrons. The third-order valence-corrected chi connectivity index (χ3v) is 3.18. The summed E-state index contributed by atoms with van der Waals surface area (Å²) < 4.78 is 0. The van der Waals surface area contributed by atoms with Crippen LogP contribution in [0.4, 0.5) is 0 Å². The van der Waals surface area contributed by atoms with Crippen molar-refractivity contribution in [1.82, 2.24) is 15.2 Å². The molecule has 1 aromatic rings. The predicted molar refractivity (Wildman–Crippen MR) is 67.7 cm³/mol. The van der Waals surface area contributed by atoms with E-state index in [-0.39, 0.29) is 12.5 Å². The molecule has 2 N–H and O–H groups in total. The van der Waals surface area contributed by atoms with Gasteiger partial charge in [0, 0.05) is 25.8 Å². The van der Waals surface area contributed by atoms with Crippen molar-refractivity contribution in [1.29, 1.82) is 0 Å². The van der Waals surface area contributed by atoms with Crippen LogP contribution in [0.25, 0.3) is 0 Å². The van der Waals surface area contributed by atoms with E-state index in [9.17, 15) is 9.90 Å². The highest BCUT2D eigenvalue weighted by atomic mass is 16.3. The minimum Gasteiger partial charge on any atom is -0.394 e. The molecule has 0 aromatic carbocycles. The van der Waals surface area contributed by atoms with Crippen LogP contribution in [0.5, 0.6) is 0 Å². The second kappa shape index (κ2) is 5.93. The van der Waals surface area contributed by atoms with Gasteiger partial charge in [0.15, 0.2) is 0 Å². The van der Waals surface area contributed by atoms with E-state index >= 15 is 0 Å². The van der Waals surface area contributed by atoms with E-state index in [0.717, 1.165) is 12.2 Å². The molecule has 1 aliphatic heterocycles. The zero-order valence-corrected chi connectivity index (χ0v) is 10.5. The molecule has 1 aliphatic rings. The topological polar surface area (TPSA) is 65.5 Å². The van der Waals surface area contributed by atoms with Gasteiger partial charge in [-0.15, -0.1) is 0 Å². The maximum absolute atomic E-state index is 11.9. The molecule has 2 heterocycles. The van der Waals surface area contributed by atoms with Crippen LogP contribution < -0.4 is 5.32 Å². The van der Waals surface area contributed by atoms with Gasteiger partial charge >= 0.3 is 0 Å². The molecule has 1 fully saturated rings. The minimum absolute atomic E-state index is 0.0993. The summed E-state index contributed by atoms with van der Waals surface area (Å²) in [4.78, 5) is 18.1. The van der Waals surface area contributed by atoms with Crippen molar-refractivity contribution in [3.05, 3.63) is 30.1 Å². The lowest BCUT2D eigenvalue weighted by molar-refractivity contribution is -0.127. The van der Waals surface area contributed by atoms with Crippen molar-refractivity contribution in [3.63, 3.8) is 0 Å². The van der Waals surface area contributed by atoms with Crippen LogP contribution in [-0.4, -0.2) is 46.6 Å². The molecule has 2 unspecified atom stereocenters. The number of pyridine rings is 1. The van der Waals surface area contributed by atoms with Gasteiger partial charge in [0.25, 0.3) is 0 Å². The van der Waals surface area contributed by atoms with E-state index in [1.807, 2.05) is 23.1 Å². The van der Waals surface area contributed by atoms with Crippen LogP contribution in [0.3, 0.4) is 0 Å². The molecule has 98 valence electrons. The Balaban J connectivity index is 2.13. The van der Waals surface area contributed by atoms with Crippen molar-refractivity contribution in [3.8, 4) is 0 Å². The van der Waals surface area contributed by atoms with Crippen LogP contribution in [0.1, 0.15) is 12.6 Å². The van der Waals surface area contributed by atoms with Gasteiger partial charge in [-0.25, -0.2) is 0 Å². The van der Waals surface area contributed by atoms with Gasteiger partial charge in [-0.05, 0) is 18.1 Å². The largest absolute Gasteiger partial charge is 0.394 e. The summed E-state index contributed by atoms with van der Waals surface area (Å²) in [7, 11) is 0. The summed E-state index contributed by atoms with van der Waals surface area (Å²) in [5, 5.41) is 12.2. The molecule has 5 heteroatoms. The second-order valence-corrected chi connectivity index (χ2v) is 4.80. The predicted octanol–water partition coefficient (Wildman–Crippen LogP) is 0.0104. The summed E-state index contributed by atoms with van der Waals surface area (Å²) >= 11 is 0. The van der Waals surface area contributed by atoms with Crippen LogP contribution in [-0.2, 0) is 11.3 Å². The van der Waals surface area contributed by atoms with E-state index in [1.54, 1.807) is 6.20 Å². The smallest absolute Gasteiger partial charge is 0.239 e. The lowest BCUT2D eigenvalue weighted by Crippen LogP contribution is -2.46. The average Bonchev–Trinajstić information content (AvgIpc) is 2.50. The first-order chi connectivity index (χ1) is 8.70. The molecule has 2 atom stereocenters. The van der Waals surface area contributed by atoms with Gasteiger partial charge in [-0.2, -0.15) is 0 Å². The zero-order chi connectivity index (χ0) is 13.0. The number of hydrogen-bond donors (Lipinski definition) is 2. The highest BCUT2D eigenvalue weighted by Crippen LogP contribution is 2.12. The van der Waals surface area contributed by atoms with Gasteiger partial charge in [-0.3, -0.25) is 14.7 Å². The van der Waals surface area contributed by atoms with Crippen molar-refractivity contribution in [2.75, 3.05) is 19.7 Å². The number of rotatable bonds is 3. The van der Waals surface area contributed by atoms with E-state index in [4.69, 9.17) is 0 Å². The van der Waals surface area contributed by atoms with E-state index in [1.165, 1.54) is 0 Å². The number of carbonyl (C=O) groups is 1. The van der Waals surface area contributed by atoms with Gasteiger partial charge in [-0.1, -0.05) is 13.0 Å². The molecular weight excluding hydrogens is 230 g/mol. The van der Waals surface area contributed by atoms with Crippen LogP contribution in [0.2, 0.25) is 0 Å². The summed E-state index contributed by atoms with van der Waals surface area (Å²) in [5.41, 5.74) is 0.915. The summed E-state index contributed by atoms with van der Waals surface area (Å²) in [6.45, 7) is 3.95. The average molecular weight is 249 g/mol. The monoisotopic (exact) mass is 249 g/mol. The number of nitrogens with zero attached hydrogens (tertiary/aromatic N) is 2. The molecule has 0 aliphatic carbocycles. The van der Waals surface area contributed by atoms with E-state index in [0.29, 0.717) is 19.0 Å². The summed E-state index contributed by atoms with van der Waals surface area (Å²) in [5.74, 6) is 0.270. The maximum Gasteiger partial charge on any atom is 0.239 e. The third-order valence-electron chi connectivity index (χ3n) is 3.18. The number of aliphatic hydroxyl groups is 1. The van der Waals surface area contributed by atoms with Gasteiger partial charge in [0.1, 0.15) is 6.04 Å². The fraction of sp³-hybridized carbons (Fsp3) is 0.538. The first-order valence-corrected chi connectivity index (χ1v) is 6.23. The highest BCUT2D eigenvalue weighted by molar-refractivity contribution is 5.82. The Hall–Kier alpha value is -1.46. The Morgan fingerprint density at radius 1 is 1.56 bits per heavy atom. The summed E-state index contributed by atoms with van der Waals surface area (Å²) in [6, 6.07) is 5.25. The number of aromatic nitrogens is 1. The van der Waals surface area contributed by atoms with Crippen molar-refractivity contribution in [2.24, 2.45) is 5.92 Å². The molecule has 5 nitrogen and oxygen atoms in total. The first kappa shape index (κ1) is 13.0. The molecule has 18 heavy (non-hydrogen) atoms. The normalized spacial score (nSPS) is 25.6. The summed E-state index contributed by atoms with van der Waals surface area (Å²) in [6.07, 6.45) is 1.74. The Morgan fingerprint density at radius 3 is 3.06 bits per heavy atom. The number of carbonyl (C=O) groups excluding carboxylic acids is 1. The Labute approximate surface area is 107 Å². The van der Waals surface area contributed by atoms with Crippen LogP contribution in [0.15, 0.2) is 24.4 Å². The van der Waals surface area contributed by atoms with Crippen molar-refractivity contribution < 1.29 is 9.90 Å². The number of aliphatic hydroxyl groups excluding tert-OH is 1. The van der Waals surface area contributed by atoms with Crippen LogP contribution >= 0.6 is 0 Å². The maximum atomic E-state index is 11.9. The minimum atomic E-state index is -0.475. The zero-order valence-electron chi connectivity index (χ0n) is 10.5. The van der Waals surface area contributed by atoms with Gasteiger partial charge < -0.3 is 10.4 Å². The second-order valence-electron chi connectivity index (χ2n) is 4.80. The van der Waals surface area contributed by atoms with Gasteiger partial charge in [0.05, 0.1) is 12.3 Å². The molecule has 0 saturated carbocycles. The SMILES string of the molecule is CC1CNC(=O)C(CO)N(Cc2ccccn2)C1. The lowest BCUT2D eigenvalue weighted by atomic mass is 10.1.